The van der Waals surface area contributed by atoms with Crippen molar-refractivity contribution in [2.75, 3.05) is 6.61 Å². The van der Waals surface area contributed by atoms with E-state index < -0.39 is 0 Å². The average Bonchev–Trinajstić information content (AvgIpc) is 3.07. The zero-order chi connectivity index (χ0) is 16.2. The number of carbonyl (C=O) groups excluding carboxylic acids is 2. The van der Waals surface area contributed by atoms with Gasteiger partial charge in [-0.05, 0) is 31.0 Å². The van der Waals surface area contributed by atoms with E-state index in [9.17, 15) is 9.59 Å². The number of imide groups is 1. The van der Waals surface area contributed by atoms with Crippen molar-refractivity contribution in [3.63, 3.8) is 0 Å². The van der Waals surface area contributed by atoms with Crippen molar-refractivity contribution in [1.82, 2.24) is 10.3 Å². The van der Waals surface area contributed by atoms with Crippen LogP contribution in [0.15, 0.2) is 29.8 Å². The van der Waals surface area contributed by atoms with Gasteiger partial charge < -0.3 is 4.74 Å². The molecule has 5 nitrogen and oxygen atoms in total. The van der Waals surface area contributed by atoms with Gasteiger partial charge in [0.15, 0.2) is 0 Å². The predicted molar refractivity (Wildman–Crippen MR) is 91.1 cm³/mol. The van der Waals surface area contributed by atoms with Gasteiger partial charge in [0.25, 0.3) is 5.24 Å². The van der Waals surface area contributed by atoms with Gasteiger partial charge in [-0.25, -0.2) is 4.98 Å². The molecule has 0 spiro atoms. The summed E-state index contributed by atoms with van der Waals surface area (Å²) in [5, 5.41) is 1.71. The minimum absolute atomic E-state index is 0.208. The number of thiazole rings is 1. The molecular weight excluding hydrogens is 332 g/mol. The van der Waals surface area contributed by atoms with Gasteiger partial charge in [-0.3, -0.25) is 14.9 Å². The molecule has 0 aliphatic carbocycles. The molecule has 0 radical (unpaired) electrons. The van der Waals surface area contributed by atoms with E-state index in [0.717, 1.165) is 35.2 Å². The van der Waals surface area contributed by atoms with E-state index in [1.165, 1.54) is 4.88 Å². The number of nitrogens with zero attached hydrogens (tertiary/aromatic N) is 1. The lowest BCUT2D eigenvalue weighted by Crippen LogP contribution is -2.25. The van der Waals surface area contributed by atoms with Crippen LogP contribution in [0.5, 0.6) is 5.75 Å². The standard InChI is InChI=1S/C16H16N2O3S2/c1-10-13(22-9-17-10)6-7-21-12-4-2-11(3-5-12)8-14-15(19)18-16(20)23-14/h2-5,9,14H,6-8H2,1H3,(H,18,19,20). The number of aromatic nitrogens is 1. The Bertz CT molecular complexity index is 712. The highest BCUT2D eigenvalue weighted by Gasteiger charge is 2.31. The highest BCUT2D eigenvalue weighted by molar-refractivity contribution is 8.15. The summed E-state index contributed by atoms with van der Waals surface area (Å²) < 4.78 is 5.74. The molecule has 1 aromatic heterocycles. The Kier molecular flexibility index (Phi) is 4.97. The second kappa shape index (κ2) is 7.14. The number of rotatable bonds is 6. The summed E-state index contributed by atoms with van der Waals surface area (Å²) in [6.45, 7) is 2.61. The van der Waals surface area contributed by atoms with Crippen LogP contribution in [-0.2, 0) is 17.6 Å². The molecule has 1 aliphatic heterocycles. The van der Waals surface area contributed by atoms with Gasteiger partial charge in [-0.2, -0.15) is 0 Å². The third-order valence-electron chi connectivity index (χ3n) is 3.55. The van der Waals surface area contributed by atoms with Crippen LogP contribution in [0.4, 0.5) is 4.79 Å². The third-order valence-corrected chi connectivity index (χ3v) is 5.53. The molecule has 120 valence electrons. The van der Waals surface area contributed by atoms with Gasteiger partial charge in [-0.1, -0.05) is 23.9 Å². The Hall–Kier alpha value is -1.86. The zero-order valence-corrected chi connectivity index (χ0v) is 14.2. The zero-order valence-electron chi connectivity index (χ0n) is 12.6. The van der Waals surface area contributed by atoms with Crippen molar-refractivity contribution in [2.45, 2.75) is 25.0 Å². The van der Waals surface area contributed by atoms with Gasteiger partial charge in [0.05, 0.1) is 23.1 Å². The van der Waals surface area contributed by atoms with E-state index in [1.54, 1.807) is 11.3 Å². The lowest BCUT2D eigenvalue weighted by Gasteiger charge is -2.08. The molecule has 1 fully saturated rings. The normalized spacial score (nSPS) is 17.3. The van der Waals surface area contributed by atoms with Crippen LogP contribution in [-0.4, -0.2) is 28.0 Å². The number of thioether (sulfide) groups is 1. The summed E-state index contributed by atoms with van der Waals surface area (Å²) in [5.74, 6) is 0.593. The summed E-state index contributed by atoms with van der Waals surface area (Å²) in [5.41, 5.74) is 3.93. The summed E-state index contributed by atoms with van der Waals surface area (Å²) >= 11 is 2.70. The van der Waals surface area contributed by atoms with Gasteiger partial charge in [0.2, 0.25) is 5.91 Å². The highest BCUT2D eigenvalue weighted by atomic mass is 32.2. The van der Waals surface area contributed by atoms with E-state index in [1.807, 2.05) is 36.7 Å². The molecule has 3 rings (SSSR count). The molecule has 1 aromatic carbocycles. The molecule has 1 saturated heterocycles. The minimum Gasteiger partial charge on any atom is -0.493 e. The number of benzene rings is 1. The number of nitrogens with one attached hydrogen (secondary N) is 1. The molecule has 0 bridgehead atoms. The Balaban J connectivity index is 1.50. The van der Waals surface area contributed by atoms with Crippen molar-refractivity contribution in [2.24, 2.45) is 0 Å². The molecule has 2 heterocycles. The maximum Gasteiger partial charge on any atom is 0.286 e. The molecule has 1 N–H and O–H groups in total. The van der Waals surface area contributed by atoms with Crippen LogP contribution < -0.4 is 10.1 Å². The van der Waals surface area contributed by atoms with Crippen molar-refractivity contribution in [3.05, 3.63) is 45.9 Å². The molecule has 1 atom stereocenters. The van der Waals surface area contributed by atoms with E-state index in [4.69, 9.17) is 4.74 Å². The Labute approximate surface area is 142 Å². The Morgan fingerprint density at radius 1 is 1.26 bits per heavy atom. The first-order chi connectivity index (χ1) is 11.1. The van der Waals surface area contributed by atoms with E-state index in [2.05, 4.69) is 10.3 Å². The second-order valence-corrected chi connectivity index (χ2v) is 7.31. The summed E-state index contributed by atoms with van der Waals surface area (Å²) in [7, 11) is 0. The van der Waals surface area contributed by atoms with Crippen LogP contribution in [0.2, 0.25) is 0 Å². The van der Waals surface area contributed by atoms with Gasteiger partial charge >= 0.3 is 0 Å². The topological polar surface area (TPSA) is 68.3 Å². The highest BCUT2D eigenvalue weighted by Crippen LogP contribution is 2.24. The number of carbonyl (C=O) groups is 2. The largest absolute Gasteiger partial charge is 0.493 e. The van der Waals surface area contributed by atoms with Crippen LogP contribution >= 0.6 is 23.1 Å². The fraction of sp³-hybridized carbons (Fsp3) is 0.312. The SMILES string of the molecule is Cc1ncsc1CCOc1ccc(CC2SC(=O)NC2=O)cc1. The number of ether oxygens (including phenoxy) is 1. The van der Waals surface area contributed by atoms with Gasteiger partial charge in [0, 0.05) is 11.3 Å². The maximum absolute atomic E-state index is 11.6. The molecule has 2 aromatic rings. The number of aryl methyl sites for hydroxylation is 1. The lowest BCUT2D eigenvalue weighted by atomic mass is 10.1. The summed E-state index contributed by atoms with van der Waals surface area (Å²) in [6, 6.07) is 7.66. The molecule has 1 unspecified atom stereocenters. The quantitative estimate of drug-likeness (QED) is 0.869. The molecule has 7 heteroatoms. The number of hydrogen-bond donors (Lipinski definition) is 1. The van der Waals surface area contributed by atoms with Crippen LogP contribution in [0, 0.1) is 6.92 Å². The van der Waals surface area contributed by atoms with E-state index >= 15 is 0 Å². The Morgan fingerprint density at radius 2 is 2.04 bits per heavy atom. The maximum atomic E-state index is 11.6. The van der Waals surface area contributed by atoms with Gasteiger partial charge in [0.1, 0.15) is 5.75 Å². The first-order valence-electron chi connectivity index (χ1n) is 7.24. The molecular formula is C16H16N2O3S2. The number of hydrogen-bond acceptors (Lipinski definition) is 6. The van der Waals surface area contributed by atoms with Crippen LogP contribution in [0.3, 0.4) is 0 Å². The fourth-order valence-electron chi connectivity index (χ4n) is 2.29. The van der Waals surface area contributed by atoms with E-state index in [0.29, 0.717) is 13.0 Å². The second-order valence-electron chi connectivity index (χ2n) is 5.19. The van der Waals surface area contributed by atoms with Crippen molar-refractivity contribution >= 4 is 34.2 Å². The minimum atomic E-state index is -0.330. The smallest absolute Gasteiger partial charge is 0.286 e. The lowest BCUT2D eigenvalue weighted by molar-refractivity contribution is -0.118. The first kappa shape index (κ1) is 16.0. The molecule has 0 saturated carbocycles. The van der Waals surface area contributed by atoms with Crippen molar-refractivity contribution < 1.29 is 14.3 Å². The van der Waals surface area contributed by atoms with Crippen LogP contribution in [0.1, 0.15) is 16.1 Å². The third kappa shape index (κ3) is 4.11. The summed E-state index contributed by atoms with van der Waals surface area (Å²) in [6.07, 6.45) is 1.39. The molecule has 2 amide bonds. The van der Waals surface area contributed by atoms with Crippen LogP contribution in [0.25, 0.3) is 0 Å². The Morgan fingerprint density at radius 3 is 2.65 bits per heavy atom. The molecule has 23 heavy (non-hydrogen) atoms. The predicted octanol–water partition coefficient (Wildman–Crippen LogP) is 2.97. The fourth-order valence-corrected chi connectivity index (χ4v) is 3.91. The van der Waals surface area contributed by atoms with Crippen molar-refractivity contribution in [3.8, 4) is 5.75 Å². The first-order valence-corrected chi connectivity index (χ1v) is 9.00. The van der Waals surface area contributed by atoms with Gasteiger partial charge in [-0.15, -0.1) is 11.3 Å². The molecule has 1 aliphatic rings. The monoisotopic (exact) mass is 348 g/mol. The van der Waals surface area contributed by atoms with Crippen molar-refractivity contribution in [1.29, 1.82) is 0 Å². The van der Waals surface area contributed by atoms with E-state index in [-0.39, 0.29) is 16.4 Å². The summed E-state index contributed by atoms with van der Waals surface area (Å²) in [4.78, 5) is 28.2. The number of amides is 2. The average molecular weight is 348 g/mol.